The molecule has 27 heavy (non-hydrogen) atoms. The first-order valence-electron chi connectivity index (χ1n) is 7.83. The van der Waals surface area contributed by atoms with Gasteiger partial charge in [-0.3, -0.25) is 4.79 Å². The van der Waals surface area contributed by atoms with Crippen molar-refractivity contribution >= 4 is 46.3 Å². The van der Waals surface area contributed by atoms with Gasteiger partial charge in [0.15, 0.2) is 0 Å². The van der Waals surface area contributed by atoms with Gasteiger partial charge in [0.25, 0.3) is 5.91 Å². The highest BCUT2D eigenvalue weighted by Gasteiger charge is 2.12. The molecule has 134 valence electrons. The fraction of sp³-hybridized carbons (Fsp3) is 0.0526. The fourth-order valence-corrected chi connectivity index (χ4v) is 2.91. The predicted molar refractivity (Wildman–Crippen MR) is 106 cm³/mol. The van der Waals surface area contributed by atoms with Crippen molar-refractivity contribution in [3.8, 4) is 6.07 Å². The highest BCUT2D eigenvalue weighted by atomic mass is 35.5. The molecule has 8 heteroatoms. The molecule has 0 aliphatic carbocycles. The van der Waals surface area contributed by atoms with Crippen molar-refractivity contribution < 1.29 is 4.79 Å². The van der Waals surface area contributed by atoms with E-state index in [1.54, 1.807) is 49.4 Å². The first-order chi connectivity index (χ1) is 12.9. The van der Waals surface area contributed by atoms with E-state index in [1.807, 2.05) is 0 Å². The van der Waals surface area contributed by atoms with Crippen LogP contribution in [0, 0.1) is 18.3 Å². The monoisotopic (exact) mass is 397 g/mol. The SMILES string of the molecule is Cc1nc(Nc2cccc(C#N)c2)cc(C(=O)Nc2cc(Cl)cc(Cl)c2)n1. The minimum Gasteiger partial charge on any atom is -0.340 e. The maximum atomic E-state index is 12.5. The van der Waals surface area contributed by atoms with Crippen molar-refractivity contribution in [1.82, 2.24) is 9.97 Å². The third-order valence-corrected chi connectivity index (χ3v) is 3.89. The standard InChI is InChI=1S/C19H13Cl2N5O/c1-11-23-17(19(27)26-16-7-13(20)6-14(21)8-16)9-18(24-11)25-15-4-2-3-12(5-15)10-22/h2-9H,1H3,(H,26,27)(H,23,24,25). The Labute approximate surface area is 165 Å². The van der Waals surface area contributed by atoms with Gasteiger partial charge in [-0.15, -0.1) is 0 Å². The Hall–Kier alpha value is -3.14. The van der Waals surface area contributed by atoms with Crippen molar-refractivity contribution in [2.75, 3.05) is 10.6 Å². The van der Waals surface area contributed by atoms with E-state index in [4.69, 9.17) is 28.5 Å². The molecule has 0 radical (unpaired) electrons. The molecule has 2 aromatic carbocycles. The molecule has 1 amide bonds. The van der Waals surface area contributed by atoms with E-state index in [1.165, 1.54) is 6.07 Å². The van der Waals surface area contributed by atoms with Gasteiger partial charge in [0.05, 0.1) is 11.6 Å². The number of amides is 1. The molecule has 0 bridgehead atoms. The molecule has 6 nitrogen and oxygen atoms in total. The number of benzene rings is 2. The second kappa shape index (κ2) is 8.04. The van der Waals surface area contributed by atoms with Gasteiger partial charge in [-0.1, -0.05) is 29.3 Å². The summed E-state index contributed by atoms with van der Waals surface area (Å²) in [7, 11) is 0. The highest BCUT2D eigenvalue weighted by Crippen LogP contribution is 2.23. The van der Waals surface area contributed by atoms with Crippen molar-refractivity contribution in [3.05, 3.63) is 75.7 Å². The summed E-state index contributed by atoms with van der Waals surface area (Å²) in [5.74, 6) is 0.435. The van der Waals surface area contributed by atoms with Gasteiger partial charge in [-0.25, -0.2) is 9.97 Å². The molecule has 0 aliphatic rings. The Morgan fingerprint density at radius 3 is 2.48 bits per heavy atom. The highest BCUT2D eigenvalue weighted by molar-refractivity contribution is 6.35. The lowest BCUT2D eigenvalue weighted by atomic mass is 10.2. The summed E-state index contributed by atoms with van der Waals surface area (Å²) in [6, 6.07) is 15.3. The van der Waals surface area contributed by atoms with Gasteiger partial charge >= 0.3 is 0 Å². The zero-order valence-electron chi connectivity index (χ0n) is 14.1. The van der Waals surface area contributed by atoms with Crippen LogP contribution in [0.3, 0.4) is 0 Å². The number of carbonyl (C=O) groups excluding carboxylic acids is 1. The molecule has 1 aromatic heterocycles. The molecule has 0 atom stereocenters. The Morgan fingerprint density at radius 1 is 1.04 bits per heavy atom. The van der Waals surface area contributed by atoms with Crippen LogP contribution in [0.2, 0.25) is 10.0 Å². The van der Waals surface area contributed by atoms with E-state index < -0.39 is 5.91 Å². The zero-order valence-corrected chi connectivity index (χ0v) is 15.6. The number of rotatable bonds is 4. The Bertz CT molecular complexity index is 1040. The van der Waals surface area contributed by atoms with Crippen LogP contribution in [0.15, 0.2) is 48.5 Å². The summed E-state index contributed by atoms with van der Waals surface area (Å²) >= 11 is 11.9. The average molecular weight is 398 g/mol. The van der Waals surface area contributed by atoms with Crippen LogP contribution < -0.4 is 10.6 Å². The number of anilines is 3. The van der Waals surface area contributed by atoms with E-state index in [0.29, 0.717) is 38.6 Å². The number of nitrogens with one attached hydrogen (secondary N) is 2. The minimum atomic E-state index is -0.423. The number of aryl methyl sites for hydroxylation is 1. The topological polar surface area (TPSA) is 90.7 Å². The molecule has 3 rings (SSSR count). The molecule has 3 aromatic rings. The van der Waals surface area contributed by atoms with Gasteiger partial charge in [0.2, 0.25) is 0 Å². The molecule has 0 saturated heterocycles. The Morgan fingerprint density at radius 2 is 1.78 bits per heavy atom. The molecule has 1 heterocycles. The number of aromatic nitrogens is 2. The second-order valence-corrected chi connectivity index (χ2v) is 6.49. The summed E-state index contributed by atoms with van der Waals surface area (Å²) in [6.07, 6.45) is 0. The van der Waals surface area contributed by atoms with Crippen molar-refractivity contribution in [2.45, 2.75) is 6.92 Å². The molecule has 0 fully saturated rings. The quantitative estimate of drug-likeness (QED) is 0.648. The average Bonchev–Trinajstić information content (AvgIpc) is 2.60. The van der Waals surface area contributed by atoms with Crippen molar-refractivity contribution in [1.29, 1.82) is 5.26 Å². The number of nitrogens with zero attached hydrogens (tertiary/aromatic N) is 3. The summed E-state index contributed by atoms with van der Waals surface area (Å²) in [6.45, 7) is 1.68. The molecular weight excluding hydrogens is 385 g/mol. The zero-order chi connectivity index (χ0) is 19.4. The first kappa shape index (κ1) is 18.6. The van der Waals surface area contributed by atoms with Crippen molar-refractivity contribution in [2.24, 2.45) is 0 Å². The van der Waals surface area contributed by atoms with Gasteiger partial charge < -0.3 is 10.6 Å². The first-order valence-corrected chi connectivity index (χ1v) is 8.59. The normalized spacial score (nSPS) is 10.1. The molecule has 2 N–H and O–H groups in total. The van der Waals surface area contributed by atoms with Crippen LogP contribution in [0.1, 0.15) is 21.9 Å². The number of hydrogen-bond donors (Lipinski definition) is 2. The Kier molecular flexibility index (Phi) is 5.55. The number of carbonyl (C=O) groups is 1. The van der Waals surface area contributed by atoms with E-state index in [2.05, 4.69) is 26.7 Å². The lowest BCUT2D eigenvalue weighted by Gasteiger charge is -2.10. The largest absolute Gasteiger partial charge is 0.340 e. The number of nitriles is 1. The summed E-state index contributed by atoms with van der Waals surface area (Å²) in [5, 5.41) is 15.6. The molecular formula is C19H13Cl2N5O. The maximum Gasteiger partial charge on any atom is 0.274 e. The van der Waals surface area contributed by atoms with Crippen LogP contribution in [0.4, 0.5) is 17.2 Å². The van der Waals surface area contributed by atoms with Crippen LogP contribution in [-0.4, -0.2) is 15.9 Å². The lowest BCUT2D eigenvalue weighted by molar-refractivity contribution is 0.102. The van der Waals surface area contributed by atoms with E-state index in [9.17, 15) is 4.79 Å². The molecule has 0 spiro atoms. The van der Waals surface area contributed by atoms with Crippen LogP contribution >= 0.6 is 23.2 Å². The van der Waals surface area contributed by atoms with Crippen LogP contribution in [0.5, 0.6) is 0 Å². The Balaban J connectivity index is 1.83. The molecule has 0 saturated carbocycles. The van der Waals surface area contributed by atoms with Crippen LogP contribution in [0.25, 0.3) is 0 Å². The summed E-state index contributed by atoms with van der Waals surface area (Å²) < 4.78 is 0. The molecule has 0 aliphatic heterocycles. The molecule has 0 unspecified atom stereocenters. The summed E-state index contributed by atoms with van der Waals surface area (Å²) in [5.41, 5.74) is 1.84. The predicted octanol–water partition coefficient (Wildman–Crippen LogP) is 4.96. The second-order valence-electron chi connectivity index (χ2n) is 5.62. The lowest BCUT2D eigenvalue weighted by Crippen LogP contribution is -2.15. The van der Waals surface area contributed by atoms with Gasteiger partial charge in [-0.05, 0) is 43.3 Å². The number of halogens is 2. The van der Waals surface area contributed by atoms with E-state index in [-0.39, 0.29) is 5.69 Å². The number of hydrogen-bond acceptors (Lipinski definition) is 5. The van der Waals surface area contributed by atoms with Crippen LogP contribution in [-0.2, 0) is 0 Å². The fourth-order valence-electron chi connectivity index (χ4n) is 2.38. The maximum absolute atomic E-state index is 12.5. The third-order valence-electron chi connectivity index (χ3n) is 3.46. The van der Waals surface area contributed by atoms with E-state index in [0.717, 1.165) is 0 Å². The summed E-state index contributed by atoms with van der Waals surface area (Å²) in [4.78, 5) is 21.0. The third kappa shape index (κ3) is 4.94. The minimum absolute atomic E-state index is 0.178. The van der Waals surface area contributed by atoms with Gasteiger partial charge in [-0.2, -0.15) is 5.26 Å². The van der Waals surface area contributed by atoms with Gasteiger partial charge in [0.1, 0.15) is 17.3 Å². The van der Waals surface area contributed by atoms with Crippen molar-refractivity contribution in [3.63, 3.8) is 0 Å². The van der Waals surface area contributed by atoms with E-state index >= 15 is 0 Å². The van der Waals surface area contributed by atoms with Gasteiger partial charge in [0, 0.05) is 27.5 Å². The smallest absolute Gasteiger partial charge is 0.274 e.